The van der Waals surface area contributed by atoms with E-state index in [1.54, 1.807) is 68.4 Å². The van der Waals surface area contributed by atoms with Gasteiger partial charge in [-0.05, 0) is 25.1 Å². The molecule has 35 heavy (non-hydrogen) atoms. The average molecular weight is 493 g/mol. The minimum absolute atomic E-state index is 0.0686. The Balaban J connectivity index is 1.78. The summed E-state index contributed by atoms with van der Waals surface area (Å²) in [5.74, 6) is 1.17. The zero-order valence-corrected chi connectivity index (χ0v) is 21.0. The van der Waals surface area contributed by atoms with E-state index in [1.807, 2.05) is 37.3 Å². The molecule has 0 spiro atoms. The summed E-state index contributed by atoms with van der Waals surface area (Å²) in [6.07, 6.45) is 0. The van der Waals surface area contributed by atoms with E-state index >= 15 is 0 Å². The van der Waals surface area contributed by atoms with Gasteiger partial charge in [0.1, 0.15) is 17.2 Å². The van der Waals surface area contributed by atoms with Crippen molar-refractivity contribution < 1.29 is 17.9 Å². The summed E-state index contributed by atoms with van der Waals surface area (Å²) in [4.78, 5) is 0.208. The Bertz CT molecular complexity index is 1400. The quantitative estimate of drug-likeness (QED) is 0.348. The van der Waals surface area contributed by atoms with Crippen molar-refractivity contribution >= 4 is 10.0 Å². The molecule has 1 heterocycles. The molecule has 0 amide bonds. The minimum Gasteiger partial charge on any atom is -0.497 e. The van der Waals surface area contributed by atoms with Crippen molar-refractivity contribution in [1.29, 1.82) is 0 Å². The predicted octanol–water partition coefficient (Wildman–Crippen LogP) is 4.20. The van der Waals surface area contributed by atoms with Crippen molar-refractivity contribution in [3.63, 3.8) is 0 Å². The number of hydrogen-bond donors (Lipinski definition) is 0. The van der Waals surface area contributed by atoms with E-state index in [9.17, 15) is 8.42 Å². The van der Waals surface area contributed by atoms with E-state index in [4.69, 9.17) is 9.47 Å². The lowest BCUT2D eigenvalue weighted by Crippen LogP contribution is -2.31. The van der Waals surface area contributed by atoms with Crippen LogP contribution in [-0.2, 0) is 30.2 Å². The molecule has 0 fully saturated rings. The molecule has 0 aliphatic rings. The van der Waals surface area contributed by atoms with Crippen molar-refractivity contribution in [1.82, 2.24) is 19.3 Å². The summed E-state index contributed by atoms with van der Waals surface area (Å²) in [6.45, 7) is 2.17. The number of methoxy groups -OCH3 is 2. The van der Waals surface area contributed by atoms with Gasteiger partial charge in [0.25, 0.3) is 0 Å². The predicted molar refractivity (Wildman–Crippen MR) is 134 cm³/mol. The molecule has 0 saturated heterocycles. The van der Waals surface area contributed by atoms with Crippen molar-refractivity contribution in [2.24, 2.45) is 7.05 Å². The van der Waals surface area contributed by atoms with Gasteiger partial charge in [-0.15, -0.1) is 5.10 Å². The average Bonchev–Trinajstić information content (AvgIpc) is 3.24. The van der Waals surface area contributed by atoms with E-state index in [0.29, 0.717) is 28.5 Å². The van der Waals surface area contributed by atoms with Crippen LogP contribution in [0.3, 0.4) is 0 Å². The topological polar surface area (TPSA) is 86.5 Å². The third kappa shape index (κ3) is 5.21. The number of aromatic nitrogens is 3. The maximum absolute atomic E-state index is 13.8. The molecule has 4 rings (SSSR count). The lowest BCUT2D eigenvalue weighted by molar-refractivity contribution is 0.365. The molecule has 8 nitrogen and oxygen atoms in total. The first-order valence-electron chi connectivity index (χ1n) is 11.0. The highest BCUT2D eigenvalue weighted by Gasteiger charge is 2.28. The smallest absolute Gasteiger partial charge is 0.243 e. The molecular formula is C26H28N4O4S. The molecule has 0 radical (unpaired) electrons. The van der Waals surface area contributed by atoms with Crippen LogP contribution >= 0.6 is 0 Å². The van der Waals surface area contributed by atoms with Crippen LogP contribution in [0.1, 0.15) is 16.8 Å². The third-order valence-electron chi connectivity index (χ3n) is 5.82. The van der Waals surface area contributed by atoms with Gasteiger partial charge in [0.15, 0.2) is 0 Å². The Morgan fingerprint density at radius 3 is 2.29 bits per heavy atom. The minimum atomic E-state index is -3.86. The van der Waals surface area contributed by atoms with Gasteiger partial charge in [-0.1, -0.05) is 59.3 Å². The lowest BCUT2D eigenvalue weighted by Gasteiger charge is -2.24. The summed E-state index contributed by atoms with van der Waals surface area (Å²) in [6, 6.07) is 21.7. The van der Waals surface area contributed by atoms with Crippen LogP contribution in [0.25, 0.3) is 11.3 Å². The third-order valence-corrected chi connectivity index (χ3v) is 7.62. The molecule has 0 N–H and O–H groups in total. The second kappa shape index (κ2) is 10.3. The maximum Gasteiger partial charge on any atom is 0.243 e. The van der Waals surface area contributed by atoms with Crippen LogP contribution in [-0.4, -0.2) is 41.9 Å². The number of ether oxygens (including phenoxy) is 2. The Morgan fingerprint density at radius 2 is 1.63 bits per heavy atom. The number of benzene rings is 3. The van der Waals surface area contributed by atoms with E-state index in [0.717, 1.165) is 11.1 Å². The SMILES string of the molecule is COc1ccc(CN(Cc2c(-c3ccc(C)cc3)nnn2C)S(=O)(=O)c2ccccc2)c(OC)c1. The molecule has 0 aliphatic heterocycles. The fourth-order valence-corrected chi connectivity index (χ4v) is 5.20. The second-order valence-electron chi connectivity index (χ2n) is 8.14. The van der Waals surface area contributed by atoms with E-state index in [-0.39, 0.29) is 18.0 Å². The maximum atomic E-state index is 13.8. The van der Waals surface area contributed by atoms with Crippen molar-refractivity contribution in [3.05, 3.63) is 89.6 Å². The van der Waals surface area contributed by atoms with Gasteiger partial charge < -0.3 is 9.47 Å². The first-order chi connectivity index (χ1) is 16.8. The van der Waals surface area contributed by atoms with Gasteiger partial charge in [-0.3, -0.25) is 4.68 Å². The Hall–Kier alpha value is -3.69. The van der Waals surface area contributed by atoms with Gasteiger partial charge in [0, 0.05) is 30.8 Å². The van der Waals surface area contributed by atoms with Crippen LogP contribution < -0.4 is 9.47 Å². The van der Waals surface area contributed by atoms with Gasteiger partial charge in [0.2, 0.25) is 10.0 Å². The molecule has 0 saturated carbocycles. The lowest BCUT2D eigenvalue weighted by atomic mass is 10.1. The number of sulfonamides is 1. The van der Waals surface area contributed by atoms with Crippen molar-refractivity contribution in [2.45, 2.75) is 24.9 Å². The largest absolute Gasteiger partial charge is 0.497 e. The number of nitrogens with zero attached hydrogens (tertiary/aromatic N) is 4. The molecule has 0 aliphatic carbocycles. The van der Waals surface area contributed by atoms with Gasteiger partial charge >= 0.3 is 0 Å². The normalized spacial score (nSPS) is 11.6. The highest BCUT2D eigenvalue weighted by Crippen LogP contribution is 2.30. The fourth-order valence-electron chi connectivity index (χ4n) is 3.80. The Labute approximate surface area is 205 Å². The highest BCUT2D eigenvalue weighted by atomic mass is 32.2. The number of aryl methyl sites for hydroxylation is 2. The van der Waals surface area contributed by atoms with Crippen molar-refractivity contribution in [3.8, 4) is 22.8 Å². The molecular weight excluding hydrogens is 464 g/mol. The van der Waals surface area contributed by atoms with Gasteiger partial charge in [-0.2, -0.15) is 4.31 Å². The molecule has 182 valence electrons. The van der Waals surface area contributed by atoms with Crippen molar-refractivity contribution in [2.75, 3.05) is 14.2 Å². The first kappa shape index (κ1) is 24.4. The molecule has 0 atom stereocenters. The standard InChI is InChI=1S/C26H28N4O4S/c1-19-10-12-20(13-11-19)26-24(29(2)28-27-26)18-30(35(31,32)23-8-6-5-7-9-23)17-21-14-15-22(33-3)16-25(21)34-4/h5-16H,17-18H2,1-4H3. The number of hydrogen-bond acceptors (Lipinski definition) is 6. The fraction of sp³-hybridized carbons (Fsp3) is 0.231. The van der Waals surface area contributed by atoms with E-state index in [1.165, 1.54) is 4.31 Å². The van der Waals surface area contributed by atoms with Crippen LogP contribution in [0.5, 0.6) is 11.5 Å². The molecule has 0 unspecified atom stereocenters. The summed E-state index contributed by atoms with van der Waals surface area (Å²) < 4.78 is 41.5. The molecule has 9 heteroatoms. The Morgan fingerprint density at radius 1 is 0.914 bits per heavy atom. The summed E-state index contributed by atoms with van der Waals surface area (Å²) in [5.41, 5.74) is 4.03. The molecule has 3 aromatic carbocycles. The van der Waals surface area contributed by atoms with E-state index < -0.39 is 10.0 Å². The highest BCUT2D eigenvalue weighted by molar-refractivity contribution is 7.89. The second-order valence-corrected chi connectivity index (χ2v) is 10.1. The zero-order valence-electron chi connectivity index (χ0n) is 20.2. The summed E-state index contributed by atoms with van der Waals surface area (Å²) in [5, 5.41) is 8.53. The number of rotatable bonds is 9. The van der Waals surface area contributed by atoms with Crippen LogP contribution in [0, 0.1) is 6.92 Å². The molecule has 4 aromatic rings. The van der Waals surface area contributed by atoms with Crippen LogP contribution in [0.4, 0.5) is 0 Å². The summed E-state index contributed by atoms with van der Waals surface area (Å²) >= 11 is 0. The van der Waals surface area contributed by atoms with E-state index in [2.05, 4.69) is 10.3 Å². The first-order valence-corrected chi connectivity index (χ1v) is 12.5. The van der Waals surface area contributed by atoms with Gasteiger partial charge in [0.05, 0.1) is 31.4 Å². The van der Waals surface area contributed by atoms with Crippen LogP contribution in [0.2, 0.25) is 0 Å². The molecule has 1 aromatic heterocycles. The van der Waals surface area contributed by atoms with Crippen LogP contribution in [0.15, 0.2) is 77.7 Å². The summed E-state index contributed by atoms with van der Waals surface area (Å²) in [7, 11) is 1.03. The molecule has 0 bridgehead atoms. The van der Waals surface area contributed by atoms with Gasteiger partial charge in [-0.25, -0.2) is 8.42 Å². The Kier molecular flexibility index (Phi) is 7.18. The zero-order chi connectivity index (χ0) is 25.0. The monoisotopic (exact) mass is 492 g/mol.